The van der Waals surface area contributed by atoms with Crippen LogP contribution in [0.25, 0.3) is 0 Å². The van der Waals surface area contributed by atoms with Gasteiger partial charge in [-0.15, -0.1) is 0 Å². The van der Waals surface area contributed by atoms with Gasteiger partial charge in [-0.05, 0) is 36.0 Å². The molecule has 140 valence electrons. The van der Waals surface area contributed by atoms with E-state index >= 15 is 0 Å². The molecule has 0 radical (unpaired) electrons. The van der Waals surface area contributed by atoms with Gasteiger partial charge in [0, 0.05) is 19.8 Å². The van der Waals surface area contributed by atoms with Gasteiger partial charge >= 0.3 is 11.9 Å². The minimum absolute atomic E-state index is 0.0484. The summed E-state index contributed by atoms with van der Waals surface area (Å²) < 4.78 is 10.3. The normalized spacial score (nSPS) is 11.9. The molecule has 0 aliphatic heterocycles. The van der Waals surface area contributed by atoms with Crippen LogP contribution in [0.3, 0.4) is 0 Å². The summed E-state index contributed by atoms with van der Waals surface area (Å²) in [4.78, 5) is 22.6. The Morgan fingerprint density at radius 2 is 1.81 bits per heavy atom. The Balaban J connectivity index is 4.59. The van der Waals surface area contributed by atoms with E-state index in [9.17, 15) is 9.59 Å². The van der Waals surface area contributed by atoms with E-state index in [0.29, 0.717) is 12.8 Å². The van der Waals surface area contributed by atoms with E-state index in [-0.39, 0.29) is 31.1 Å². The van der Waals surface area contributed by atoms with Gasteiger partial charge in [0.2, 0.25) is 0 Å². The molecule has 0 saturated carbocycles. The van der Waals surface area contributed by atoms with Crippen molar-refractivity contribution in [3.63, 3.8) is 0 Å². The Bertz CT molecular complexity index is 633. The highest BCUT2D eigenvalue weighted by Gasteiger charge is 2.13. The molecule has 5 heteroatoms. The van der Waals surface area contributed by atoms with Crippen LogP contribution in [-0.4, -0.2) is 36.4 Å². The number of esters is 2. The quantitative estimate of drug-likeness (QED) is 0.390. The lowest BCUT2D eigenvalue weighted by atomic mass is 10.1. The van der Waals surface area contributed by atoms with Crippen LogP contribution >= 0.6 is 0 Å². The highest BCUT2D eigenvalue weighted by molar-refractivity contribution is 5.70. The first kappa shape index (κ1) is 23.2. The van der Waals surface area contributed by atoms with E-state index in [1.165, 1.54) is 19.1 Å². The number of allylic oxidation sites excluding steroid dienone is 4. The SMILES string of the molecule is CC(=O)OCCC(C=CC=CC#CC#CC=CCO)OC(=O)CC(C)C. The van der Waals surface area contributed by atoms with Crippen LogP contribution in [0, 0.1) is 29.6 Å². The van der Waals surface area contributed by atoms with Crippen molar-refractivity contribution in [2.45, 2.75) is 39.7 Å². The molecule has 1 N–H and O–H groups in total. The van der Waals surface area contributed by atoms with Crippen molar-refractivity contribution in [1.29, 1.82) is 0 Å². The van der Waals surface area contributed by atoms with Crippen molar-refractivity contribution >= 4 is 11.9 Å². The zero-order chi connectivity index (χ0) is 19.6. The van der Waals surface area contributed by atoms with Gasteiger partial charge in [-0.2, -0.15) is 0 Å². The van der Waals surface area contributed by atoms with Gasteiger partial charge < -0.3 is 14.6 Å². The van der Waals surface area contributed by atoms with Crippen LogP contribution in [0.1, 0.15) is 33.6 Å². The molecule has 0 aromatic heterocycles. The van der Waals surface area contributed by atoms with Gasteiger partial charge in [-0.1, -0.05) is 43.9 Å². The summed E-state index contributed by atoms with van der Waals surface area (Å²) in [5, 5.41) is 8.52. The molecule has 26 heavy (non-hydrogen) atoms. The molecule has 0 fully saturated rings. The molecule has 0 aromatic rings. The summed E-state index contributed by atoms with van der Waals surface area (Å²) in [6, 6.07) is 0. The molecular weight excluding hydrogens is 332 g/mol. The van der Waals surface area contributed by atoms with Gasteiger partial charge in [-0.25, -0.2) is 0 Å². The molecule has 1 atom stereocenters. The van der Waals surface area contributed by atoms with Crippen LogP contribution in [0.5, 0.6) is 0 Å². The monoisotopic (exact) mass is 358 g/mol. The first-order valence-electron chi connectivity index (χ1n) is 8.38. The molecule has 0 rings (SSSR count). The summed E-state index contributed by atoms with van der Waals surface area (Å²) in [5.41, 5.74) is 0. The third-order valence-corrected chi connectivity index (χ3v) is 2.70. The fraction of sp³-hybridized carbons (Fsp3) is 0.429. The molecular formula is C21H26O5. The second kappa shape index (κ2) is 15.7. The maximum absolute atomic E-state index is 11.8. The first-order chi connectivity index (χ1) is 12.5. The van der Waals surface area contributed by atoms with Gasteiger partial charge in [0.25, 0.3) is 0 Å². The van der Waals surface area contributed by atoms with Gasteiger partial charge in [0.05, 0.1) is 13.2 Å². The van der Waals surface area contributed by atoms with E-state index in [2.05, 4.69) is 23.7 Å². The number of carbonyl (C=O) groups is 2. The first-order valence-corrected chi connectivity index (χ1v) is 8.38. The number of rotatable bonds is 9. The van der Waals surface area contributed by atoms with Crippen LogP contribution in [0.4, 0.5) is 0 Å². The summed E-state index contributed by atoms with van der Waals surface area (Å²) in [6.07, 6.45) is 10.0. The number of aliphatic hydroxyl groups is 1. The average Bonchev–Trinajstić information content (AvgIpc) is 2.55. The summed E-state index contributed by atoms with van der Waals surface area (Å²) >= 11 is 0. The highest BCUT2D eigenvalue weighted by Crippen LogP contribution is 2.08. The number of carbonyl (C=O) groups excluding carboxylic acids is 2. The van der Waals surface area contributed by atoms with E-state index < -0.39 is 6.10 Å². The zero-order valence-corrected chi connectivity index (χ0v) is 15.5. The molecule has 0 saturated heterocycles. The second-order valence-corrected chi connectivity index (χ2v) is 5.62. The van der Waals surface area contributed by atoms with E-state index in [4.69, 9.17) is 14.6 Å². The maximum Gasteiger partial charge on any atom is 0.306 e. The largest absolute Gasteiger partial charge is 0.466 e. The smallest absolute Gasteiger partial charge is 0.306 e. The minimum Gasteiger partial charge on any atom is -0.466 e. The number of aliphatic hydroxyl groups excluding tert-OH is 1. The average molecular weight is 358 g/mol. The highest BCUT2D eigenvalue weighted by atomic mass is 16.6. The van der Waals surface area contributed by atoms with Crippen molar-refractivity contribution in [2.75, 3.05) is 13.2 Å². The fourth-order valence-electron chi connectivity index (χ4n) is 1.62. The Hall–Kier alpha value is -2.76. The van der Waals surface area contributed by atoms with Crippen LogP contribution in [0.2, 0.25) is 0 Å². The molecule has 0 amide bonds. The number of hydrogen-bond acceptors (Lipinski definition) is 5. The van der Waals surface area contributed by atoms with Crippen LogP contribution in [0.15, 0.2) is 36.5 Å². The Morgan fingerprint density at radius 3 is 2.42 bits per heavy atom. The third kappa shape index (κ3) is 16.1. The van der Waals surface area contributed by atoms with E-state index in [0.717, 1.165) is 0 Å². The van der Waals surface area contributed by atoms with Gasteiger partial charge in [-0.3, -0.25) is 9.59 Å². The Kier molecular flexibility index (Phi) is 14.1. The number of ether oxygens (including phenoxy) is 2. The summed E-state index contributed by atoms with van der Waals surface area (Å²) in [7, 11) is 0. The minimum atomic E-state index is -0.471. The molecule has 0 aliphatic rings. The maximum atomic E-state index is 11.8. The van der Waals surface area contributed by atoms with Gasteiger partial charge in [0.1, 0.15) is 6.10 Å². The molecule has 0 heterocycles. The fourth-order valence-corrected chi connectivity index (χ4v) is 1.62. The molecule has 0 aromatic carbocycles. The Morgan fingerprint density at radius 1 is 1.12 bits per heavy atom. The molecule has 1 unspecified atom stereocenters. The predicted molar refractivity (Wildman–Crippen MR) is 101 cm³/mol. The van der Waals surface area contributed by atoms with Crippen molar-refractivity contribution in [2.24, 2.45) is 5.92 Å². The molecule has 0 aliphatic carbocycles. The van der Waals surface area contributed by atoms with Crippen molar-refractivity contribution in [3.05, 3.63) is 36.5 Å². The lowest BCUT2D eigenvalue weighted by molar-refractivity contribution is -0.149. The Labute approximate surface area is 155 Å². The lowest BCUT2D eigenvalue weighted by Gasteiger charge is -2.15. The van der Waals surface area contributed by atoms with Crippen molar-refractivity contribution in [1.82, 2.24) is 0 Å². The summed E-state index contributed by atoms with van der Waals surface area (Å²) in [6.45, 7) is 5.34. The van der Waals surface area contributed by atoms with Crippen LogP contribution in [-0.2, 0) is 19.1 Å². The topological polar surface area (TPSA) is 72.8 Å². The molecule has 0 bridgehead atoms. The molecule has 0 spiro atoms. The lowest BCUT2D eigenvalue weighted by Crippen LogP contribution is -2.19. The molecule has 5 nitrogen and oxygen atoms in total. The van der Waals surface area contributed by atoms with Crippen LogP contribution < -0.4 is 0 Å². The predicted octanol–water partition coefficient (Wildman–Crippen LogP) is 2.57. The second-order valence-electron chi connectivity index (χ2n) is 5.62. The van der Waals surface area contributed by atoms with E-state index in [1.54, 1.807) is 24.3 Å². The van der Waals surface area contributed by atoms with Crippen molar-refractivity contribution < 1.29 is 24.2 Å². The summed E-state index contributed by atoms with van der Waals surface area (Å²) in [5.74, 6) is 10.2. The third-order valence-electron chi connectivity index (χ3n) is 2.70. The van der Waals surface area contributed by atoms with Crippen molar-refractivity contribution in [3.8, 4) is 23.7 Å². The standard InChI is InChI=1S/C21H26O5/c1-18(2)17-21(24)26-20(14-16-25-19(3)23)13-11-9-7-5-4-6-8-10-12-15-22/h7,9-13,18,20,22H,14-17H2,1-3H3. The van der Waals surface area contributed by atoms with Gasteiger partial charge in [0.15, 0.2) is 0 Å². The number of hydrogen-bond donors (Lipinski definition) is 1. The zero-order valence-electron chi connectivity index (χ0n) is 15.5. The van der Waals surface area contributed by atoms with E-state index in [1.807, 2.05) is 13.8 Å².